The van der Waals surface area contributed by atoms with Gasteiger partial charge in [-0.3, -0.25) is 9.78 Å². The summed E-state index contributed by atoms with van der Waals surface area (Å²) in [5, 5.41) is 3.40. The molecule has 0 radical (unpaired) electrons. The quantitative estimate of drug-likeness (QED) is 0.906. The highest BCUT2D eigenvalue weighted by molar-refractivity contribution is 6.08. The maximum atomic E-state index is 13.0. The van der Waals surface area contributed by atoms with Crippen LogP contribution in [0.4, 0.5) is 18.9 Å². The number of pyridine rings is 1. The van der Waals surface area contributed by atoms with Gasteiger partial charge in [0, 0.05) is 30.9 Å². The summed E-state index contributed by atoms with van der Waals surface area (Å²) in [7, 11) is 0. The summed E-state index contributed by atoms with van der Waals surface area (Å²) in [5.41, 5.74) is 1.56. The standard InChI is InChI=1S/C19H18F3N3O/c20-19(21,22)14-2-1-12-6-8-25(18(26)16(12)9-14)17-11-23-7-5-13(17)10-24-15-3-4-15/h1-2,5,7,9,11,15,24H,3-4,6,8,10H2. The number of hydrogen-bond acceptors (Lipinski definition) is 3. The average molecular weight is 361 g/mol. The number of carbonyl (C=O) groups is 1. The van der Waals surface area contributed by atoms with Gasteiger partial charge in [0.25, 0.3) is 5.91 Å². The maximum Gasteiger partial charge on any atom is 0.416 e. The predicted molar refractivity (Wildman–Crippen MR) is 90.9 cm³/mol. The number of nitrogens with zero attached hydrogens (tertiary/aromatic N) is 2. The monoisotopic (exact) mass is 361 g/mol. The fourth-order valence-electron chi connectivity index (χ4n) is 3.23. The van der Waals surface area contributed by atoms with Crippen LogP contribution < -0.4 is 10.2 Å². The molecular formula is C19H18F3N3O. The number of amides is 1. The molecule has 1 aromatic carbocycles. The molecular weight excluding hydrogens is 343 g/mol. The van der Waals surface area contributed by atoms with Gasteiger partial charge in [-0.15, -0.1) is 0 Å². The number of fused-ring (bicyclic) bond motifs is 1. The smallest absolute Gasteiger partial charge is 0.310 e. The van der Waals surface area contributed by atoms with Gasteiger partial charge in [0.15, 0.2) is 0 Å². The summed E-state index contributed by atoms with van der Waals surface area (Å²) in [6.07, 6.45) is 1.63. The molecule has 1 aliphatic carbocycles. The Morgan fingerprint density at radius 2 is 2.04 bits per heavy atom. The molecule has 7 heteroatoms. The Morgan fingerprint density at radius 1 is 1.23 bits per heavy atom. The first kappa shape index (κ1) is 17.0. The Morgan fingerprint density at radius 3 is 2.77 bits per heavy atom. The fourth-order valence-corrected chi connectivity index (χ4v) is 3.23. The van der Waals surface area contributed by atoms with Crippen molar-refractivity contribution < 1.29 is 18.0 Å². The Labute approximate surface area is 149 Å². The van der Waals surface area contributed by atoms with Crippen LogP contribution >= 0.6 is 0 Å². The summed E-state index contributed by atoms with van der Waals surface area (Å²) in [6.45, 7) is 1.04. The number of hydrogen-bond donors (Lipinski definition) is 1. The third-order valence-corrected chi connectivity index (χ3v) is 4.85. The highest BCUT2D eigenvalue weighted by Crippen LogP contribution is 2.33. The van der Waals surface area contributed by atoms with Crippen LogP contribution in [0.5, 0.6) is 0 Å². The Balaban J connectivity index is 1.65. The predicted octanol–water partition coefficient (Wildman–Crippen LogP) is 3.56. The van der Waals surface area contributed by atoms with Crippen LogP contribution in [0.1, 0.15) is 39.9 Å². The van der Waals surface area contributed by atoms with E-state index in [-0.39, 0.29) is 5.56 Å². The molecule has 1 fully saturated rings. The van der Waals surface area contributed by atoms with Crippen LogP contribution in [0.15, 0.2) is 36.7 Å². The largest absolute Gasteiger partial charge is 0.416 e. The highest BCUT2D eigenvalue weighted by atomic mass is 19.4. The van der Waals surface area contributed by atoms with Gasteiger partial charge in [0.1, 0.15) is 0 Å². The van der Waals surface area contributed by atoms with E-state index in [1.165, 1.54) is 6.07 Å². The Bertz CT molecular complexity index is 846. The van der Waals surface area contributed by atoms with E-state index in [1.54, 1.807) is 17.3 Å². The third kappa shape index (κ3) is 3.31. The SMILES string of the molecule is O=C1c2cc(C(F)(F)F)ccc2CCN1c1cnccc1CNC1CC1. The van der Waals surface area contributed by atoms with Gasteiger partial charge in [-0.2, -0.15) is 13.2 Å². The van der Waals surface area contributed by atoms with E-state index in [9.17, 15) is 18.0 Å². The molecule has 2 aliphatic rings. The average Bonchev–Trinajstić information content (AvgIpc) is 3.44. The molecule has 1 saturated carbocycles. The first-order valence-electron chi connectivity index (χ1n) is 8.62. The number of anilines is 1. The lowest BCUT2D eigenvalue weighted by Gasteiger charge is -2.30. The second-order valence-electron chi connectivity index (χ2n) is 6.74. The van der Waals surface area contributed by atoms with Gasteiger partial charge in [-0.25, -0.2) is 0 Å². The van der Waals surface area contributed by atoms with Crippen LogP contribution in [0, 0.1) is 0 Å². The van der Waals surface area contributed by atoms with Gasteiger partial charge >= 0.3 is 6.18 Å². The summed E-state index contributed by atoms with van der Waals surface area (Å²) in [5.74, 6) is -0.405. The number of benzene rings is 1. The summed E-state index contributed by atoms with van der Waals surface area (Å²) < 4.78 is 39.0. The van der Waals surface area contributed by atoms with Crippen molar-refractivity contribution in [1.82, 2.24) is 10.3 Å². The topological polar surface area (TPSA) is 45.2 Å². The Kier molecular flexibility index (Phi) is 4.19. The van der Waals surface area contributed by atoms with Crippen LogP contribution in [-0.4, -0.2) is 23.5 Å². The summed E-state index contributed by atoms with van der Waals surface area (Å²) in [4.78, 5) is 18.6. The number of carbonyl (C=O) groups excluding carboxylic acids is 1. The molecule has 1 amide bonds. The van der Waals surface area contributed by atoms with Crippen LogP contribution in [-0.2, 0) is 19.1 Å². The molecule has 4 rings (SSSR count). The van der Waals surface area contributed by atoms with Gasteiger partial charge in [-0.1, -0.05) is 6.07 Å². The van der Waals surface area contributed by atoms with Crippen molar-refractivity contribution >= 4 is 11.6 Å². The van der Waals surface area contributed by atoms with E-state index in [1.807, 2.05) is 6.07 Å². The maximum absolute atomic E-state index is 13.0. The molecule has 1 N–H and O–H groups in total. The van der Waals surface area contributed by atoms with Crippen LogP contribution in [0.25, 0.3) is 0 Å². The van der Waals surface area contributed by atoms with Crippen LogP contribution in [0.2, 0.25) is 0 Å². The van der Waals surface area contributed by atoms with Crippen molar-refractivity contribution in [3.8, 4) is 0 Å². The molecule has 0 unspecified atom stereocenters. The summed E-state index contributed by atoms with van der Waals surface area (Å²) in [6, 6.07) is 5.77. The first-order chi connectivity index (χ1) is 12.4. The molecule has 1 aliphatic heterocycles. The van der Waals surface area contributed by atoms with Gasteiger partial charge in [-0.05, 0) is 48.6 Å². The minimum atomic E-state index is -4.47. The summed E-state index contributed by atoms with van der Waals surface area (Å²) >= 11 is 0. The fraction of sp³-hybridized carbons (Fsp3) is 0.368. The number of aromatic nitrogens is 1. The Hall–Kier alpha value is -2.41. The third-order valence-electron chi connectivity index (χ3n) is 4.85. The number of halogens is 3. The highest BCUT2D eigenvalue weighted by Gasteiger charge is 2.34. The van der Waals surface area contributed by atoms with E-state index in [4.69, 9.17) is 0 Å². The minimum Gasteiger partial charge on any atom is -0.310 e. The second-order valence-corrected chi connectivity index (χ2v) is 6.74. The van der Waals surface area contributed by atoms with Crippen LogP contribution in [0.3, 0.4) is 0 Å². The van der Waals surface area contributed by atoms with Crippen molar-refractivity contribution in [1.29, 1.82) is 0 Å². The first-order valence-corrected chi connectivity index (χ1v) is 8.62. The lowest BCUT2D eigenvalue weighted by molar-refractivity contribution is -0.137. The molecule has 136 valence electrons. The van der Waals surface area contributed by atoms with Gasteiger partial charge in [0.05, 0.1) is 17.4 Å². The van der Waals surface area contributed by atoms with Crippen molar-refractivity contribution in [2.24, 2.45) is 0 Å². The molecule has 0 bridgehead atoms. The number of rotatable bonds is 4. The van der Waals surface area contributed by atoms with Crippen molar-refractivity contribution in [3.63, 3.8) is 0 Å². The van der Waals surface area contributed by atoms with Crippen molar-refractivity contribution in [3.05, 3.63) is 58.9 Å². The molecule has 1 aromatic heterocycles. The van der Waals surface area contributed by atoms with Crippen molar-refractivity contribution in [2.45, 2.75) is 38.0 Å². The van der Waals surface area contributed by atoms with E-state index in [0.29, 0.717) is 36.8 Å². The lowest BCUT2D eigenvalue weighted by Crippen LogP contribution is -2.38. The molecule has 2 aromatic rings. The zero-order chi connectivity index (χ0) is 18.3. The molecule has 2 heterocycles. The number of nitrogens with one attached hydrogen (secondary N) is 1. The normalized spacial score (nSPS) is 17.3. The van der Waals surface area contributed by atoms with E-state index in [2.05, 4.69) is 10.3 Å². The van der Waals surface area contributed by atoms with E-state index < -0.39 is 17.6 Å². The molecule has 0 saturated heterocycles. The van der Waals surface area contributed by atoms with E-state index in [0.717, 1.165) is 30.5 Å². The zero-order valence-electron chi connectivity index (χ0n) is 14.0. The second kappa shape index (κ2) is 6.39. The lowest BCUT2D eigenvalue weighted by atomic mass is 9.95. The van der Waals surface area contributed by atoms with Gasteiger partial charge in [0.2, 0.25) is 0 Å². The molecule has 0 atom stereocenters. The van der Waals surface area contributed by atoms with Crippen molar-refractivity contribution in [2.75, 3.05) is 11.4 Å². The molecule has 26 heavy (non-hydrogen) atoms. The molecule has 4 nitrogen and oxygen atoms in total. The minimum absolute atomic E-state index is 0.121. The zero-order valence-corrected chi connectivity index (χ0v) is 14.0. The van der Waals surface area contributed by atoms with E-state index >= 15 is 0 Å². The number of alkyl halides is 3. The van der Waals surface area contributed by atoms with Gasteiger partial charge < -0.3 is 10.2 Å². The molecule has 0 spiro atoms.